The highest BCUT2D eigenvalue weighted by molar-refractivity contribution is 7.18. The third-order valence-corrected chi connectivity index (χ3v) is 3.70. The van der Waals surface area contributed by atoms with Crippen molar-refractivity contribution in [2.45, 2.75) is 0 Å². The number of imidazole rings is 1. The first-order valence-corrected chi connectivity index (χ1v) is 6.15. The first-order valence-electron chi connectivity index (χ1n) is 5.33. The van der Waals surface area contributed by atoms with Gasteiger partial charge in [0.15, 0.2) is 4.96 Å². The molecule has 6 nitrogen and oxygen atoms in total. The summed E-state index contributed by atoms with van der Waals surface area (Å²) in [4.78, 5) is 27.7. The number of hydrogen-bond donors (Lipinski definition) is 1. The largest absolute Gasteiger partial charge is 0.478 e. The van der Waals surface area contributed by atoms with Crippen molar-refractivity contribution in [3.8, 4) is 0 Å². The summed E-state index contributed by atoms with van der Waals surface area (Å²) in [6.07, 6.45) is 1.64. The molecule has 0 atom stereocenters. The number of thiazole rings is 1. The molecule has 19 heavy (non-hydrogen) atoms. The lowest BCUT2D eigenvalue weighted by molar-refractivity contribution is 0.0605. The van der Waals surface area contributed by atoms with Crippen LogP contribution in [0.2, 0.25) is 0 Å². The molecule has 96 valence electrons. The number of benzene rings is 1. The number of carbonyl (C=O) groups is 2. The molecule has 1 aromatic carbocycles. The molecule has 0 aliphatic rings. The van der Waals surface area contributed by atoms with Gasteiger partial charge >= 0.3 is 11.9 Å². The lowest BCUT2D eigenvalue weighted by atomic mass is 10.2. The van der Waals surface area contributed by atoms with E-state index < -0.39 is 11.9 Å². The van der Waals surface area contributed by atoms with Gasteiger partial charge in [-0.25, -0.2) is 14.6 Å². The summed E-state index contributed by atoms with van der Waals surface area (Å²) in [5.41, 5.74) is 1.53. The Morgan fingerprint density at radius 1 is 1.42 bits per heavy atom. The topological polar surface area (TPSA) is 80.9 Å². The summed E-state index contributed by atoms with van der Waals surface area (Å²) in [5.74, 6) is -1.40. The van der Waals surface area contributed by atoms with Crippen molar-refractivity contribution in [3.63, 3.8) is 0 Å². The summed E-state index contributed by atoms with van der Waals surface area (Å²) in [5, 5.41) is 8.93. The number of carbonyl (C=O) groups excluding carboxylic acids is 1. The van der Waals surface area contributed by atoms with Crippen LogP contribution in [-0.4, -0.2) is 33.5 Å². The molecule has 0 aliphatic carbocycles. The summed E-state index contributed by atoms with van der Waals surface area (Å²) >= 11 is 1.20. The maximum atomic E-state index is 11.4. The zero-order valence-corrected chi connectivity index (χ0v) is 10.6. The van der Waals surface area contributed by atoms with Crippen molar-refractivity contribution in [1.29, 1.82) is 0 Å². The minimum absolute atomic E-state index is 0.187. The average molecular weight is 276 g/mol. The van der Waals surface area contributed by atoms with Crippen molar-refractivity contribution in [2.75, 3.05) is 7.11 Å². The molecule has 0 aliphatic heterocycles. The summed E-state index contributed by atoms with van der Waals surface area (Å²) in [6.45, 7) is 0. The number of aromatic carboxylic acids is 1. The van der Waals surface area contributed by atoms with E-state index in [9.17, 15) is 9.59 Å². The van der Waals surface area contributed by atoms with E-state index in [0.717, 1.165) is 5.52 Å². The van der Waals surface area contributed by atoms with E-state index in [0.29, 0.717) is 15.4 Å². The fraction of sp³-hybridized carbons (Fsp3) is 0.0833. The van der Waals surface area contributed by atoms with Crippen LogP contribution in [0.4, 0.5) is 0 Å². The first-order chi connectivity index (χ1) is 9.10. The molecule has 3 aromatic rings. The number of carboxylic acids is 1. The maximum Gasteiger partial charge on any atom is 0.349 e. The molecular weight excluding hydrogens is 268 g/mol. The van der Waals surface area contributed by atoms with Crippen molar-refractivity contribution in [3.05, 3.63) is 34.8 Å². The van der Waals surface area contributed by atoms with Gasteiger partial charge in [-0.1, -0.05) is 11.3 Å². The van der Waals surface area contributed by atoms with Gasteiger partial charge in [0, 0.05) is 6.20 Å². The summed E-state index contributed by atoms with van der Waals surface area (Å²) in [7, 11) is 1.32. The molecule has 3 rings (SSSR count). The highest BCUT2D eigenvalue weighted by Crippen LogP contribution is 2.24. The molecule has 2 heterocycles. The number of rotatable bonds is 2. The first kappa shape index (κ1) is 11.7. The second-order valence-corrected chi connectivity index (χ2v) is 4.87. The van der Waals surface area contributed by atoms with Crippen LogP contribution >= 0.6 is 11.3 Å². The fourth-order valence-corrected chi connectivity index (χ4v) is 2.76. The molecule has 0 radical (unpaired) electrons. The normalized spacial score (nSPS) is 11.0. The molecule has 0 amide bonds. The molecule has 0 saturated carbocycles. The molecule has 7 heteroatoms. The van der Waals surface area contributed by atoms with Crippen molar-refractivity contribution >= 4 is 39.3 Å². The van der Waals surface area contributed by atoms with Gasteiger partial charge in [-0.15, -0.1) is 0 Å². The van der Waals surface area contributed by atoms with Gasteiger partial charge in [-0.2, -0.15) is 0 Å². The molecule has 0 unspecified atom stereocenters. The third-order valence-electron chi connectivity index (χ3n) is 2.74. The Morgan fingerprint density at radius 3 is 2.89 bits per heavy atom. The molecule has 0 fully saturated rings. The van der Waals surface area contributed by atoms with Crippen molar-refractivity contribution in [1.82, 2.24) is 9.38 Å². The molecular formula is C12H8N2O4S. The van der Waals surface area contributed by atoms with Gasteiger partial charge in [-0.05, 0) is 18.2 Å². The van der Waals surface area contributed by atoms with Crippen LogP contribution in [0.25, 0.3) is 16.0 Å². The number of hydrogen-bond acceptors (Lipinski definition) is 5. The number of nitrogens with zero attached hydrogens (tertiary/aromatic N) is 2. The van der Waals surface area contributed by atoms with Crippen LogP contribution in [0.15, 0.2) is 24.4 Å². The van der Waals surface area contributed by atoms with E-state index in [1.54, 1.807) is 16.7 Å². The fourth-order valence-electron chi connectivity index (χ4n) is 1.84. The van der Waals surface area contributed by atoms with Crippen LogP contribution in [-0.2, 0) is 4.74 Å². The molecule has 0 bridgehead atoms. The number of aromatic nitrogens is 2. The Labute approximate surface area is 110 Å². The number of ether oxygens (including phenoxy) is 1. The van der Waals surface area contributed by atoms with E-state index in [1.807, 2.05) is 0 Å². The smallest absolute Gasteiger partial charge is 0.349 e. The Bertz CT molecular complexity index is 818. The second kappa shape index (κ2) is 4.06. The summed E-state index contributed by atoms with van der Waals surface area (Å²) in [6, 6.07) is 4.69. The Morgan fingerprint density at radius 2 is 2.21 bits per heavy atom. The molecule has 0 spiro atoms. The predicted octanol–water partition coefficient (Wildman–Crippen LogP) is 2.03. The lowest BCUT2D eigenvalue weighted by Crippen LogP contribution is -1.97. The SMILES string of the molecule is COC(=O)c1cn2c(nc3cc(C(=O)O)ccc32)s1. The molecule has 2 aromatic heterocycles. The van der Waals surface area contributed by atoms with Crippen LogP contribution in [0.3, 0.4) is 0 Å². The Hall–Kier alpha value is -2.41. The monoisotopic (exact) mass is 276 g/mol. The molecule has 0 saturated heterocycles. The second-order valence-electron chi connectivity index (χ2n) is 3.86. The van der Waals surface area contributed by atoms with Gasteiger partial charge in [0.25, 0.3) is 0 Å². The standard InChI is InChI=1S/C12H8N2O4S/c1-18-11(17)9-5-14-8-3-2-6(10(15)16)4-7(8)13-12(14)19-9/h2-5H,1H3,(H,15,16). The van der Waals surface area contributed by atoms with E-state index in [2.05, 4.69) is 9.72 Å². The number of fused-ring (bicyclic) bond motifs is 3. The van der Waals surface area contributed by atoms with Crippen LogP contribution in [0, 0.1) is 0 Å². The average Bonchev–Trinajstić information content (AvgIpc) is 2.94. The van der Waals surface area contributed by atoms with Gasteiger partial charge in [-0.3, -0.25) is 4.40 Å². The zero-order valence-electron chi connectivity index (χ0n) is 9.78. The summed E-state index contributed by atoms with van der Waals surface area (Å²) < 4.78 is 6.40. The quantitative estimate of drug-likeness (QED) is 0.724. The van der Waals surface area contributed by atoms with E-state index in [4.69, 9.17) is 5.11 Å². The molecule has 1 N–H and O–H groups in total. The predicted molar refractivity (Wildman–Crippen MR) is 68.9 cm³/mol. The van der Waals surface area contributed by atoms with Gasteiger partial charge in [0.1, 0.15) is 4.88 Å². The van der Waals surface area contributed by atoms with E-state index in [-0.39, 0.29) is 5.56 Å². The van der Waals surface area contributed by atoms with Crippen molar-refractivity contribution in [2.24, 2.45) is 0 Å². The van der Waals surface area contributed by atoms with Crippen LogP contribution < -0.4 is 0 Å². The lowest BCUT2D eigenvalue weighted by Gasteiger charge is -1.95. The minimum atomic E-state index is -0.992. The van der Waals surface area contributed by atoms with Crippen LogP contribution in [0.5, 0.6) is 0 Å². The number of esters is 1. The minimum Gasteiger partial charge on any atom is -0.478 e. The zero-order chi connectivity index (χ0) is 13.6. The number of carboxylic acid groups (broad SMARTS) is 1. The highest BCUT2D eigenvalue weighted by atomic mass is 32.1. The number of methoxy groups -OCH3 is 1. The van der Waals surface area contributed by atoms with Crippen molar-refractivity contribution < 1.29 is 19.4 Å². The Kier molecular flexibility index (Phi) is 2.49. The third kappa shape index (κ3) is 1.75. The van der Waals surface area contributed by atoms with Gasteiger partial charge < -0.3 is 9.84 Å². The highest BCUT2D eigenvalue weighted by Gasteiger charge is 2.15. The Balaban J connectivity index is 2.22. The van der Waals surface area contributed by atoms with Crippen LogP contribution in [0.1, 0.15) is 20.0 Å². The van der Waals surface area contributed by atoms with E-state index >= 15 is 0 Å². The maximum absolute atomic E-state index is 11.4. The van der Waals surface area contributed by atoms with E-state index in [1.165, 1.54) is 30.6 Å². The van der Waals surface area contributed by atoms with Gasteiger partial charge in [0.05, 0.1) is 23.7 Å². The van der Waals surface area contributed by atoms with Gasteiger partial charge in [0.2, 0.25) is 0 Å².